The summed E-state index contributed by atoms with van der Waals surface area (Å²) in [5.41, 5.74) is 2.15. The standard InChI is InChI=1S/C8H5NO2.C4H2N2/c10-7-5-3-1-2-4-6(5)9-8(7)11;1-2-5-4-3(1)6-4/h1-4H,(H,9,10,11);1-2H. The van der Waals surface area contributed by atoms with Crippen LogP contribution in [0.15, 0.2) is 36.5 Å². The first-order chi connectivity index (χ1) is 8.25. The van der Waals surface area contributed by atoms with Gasteiger partial charge in [0, 0.05) is 6.20 Å². The van der Waals surface area contributed by atoms with Crippen molar-refractivity contribution >= 4 is 17.4 Å². The van der Waals surface area contributed by atoms with Gasteiger partial charge in [0.15, 0.2) is 5.82 Å². The van der Waals surface area contributed by atoms with Crippen molar-refractivity contribution in [3.63, 3.8) is 0 Å². The number of ketones is 1. The van der Waals surface area contributed by atoms with E-state index in [4.69, 9.17) is 0 Å². The number of Topliss-reactive ketones (excluding diaryl/α,β-unsaturated/α-hetero) is 1. The summed E-state index contributed by atoms with van der Waals surface area (Å²) in [6, 6.07) is 8.75. The van der Waals surface area contributed by atoms with Gasteiger partial charge in [0.1, 0.15) is 5.69 Å². The second-order valence-corrected chi connectivity index (χ2v) is 3.59. The van der Waals surface area contributed by atoms with Crippen LogP contribution in [0, 0.1) is 0 Å². The number of carbonyl (C=O) groups excluding carboxylic acids is 2. The molecule has 0 spiro atoms. The van der Waals surface area contributed by atoms with Crippen molar-refractivity contribution in [2.45, 2.75) is 0 Å². The molecule has 0 unspecified atom stereocenters. The molecular weight excluding hydrogens is 218 g/mol. The molecule has 5 heteroatoms. The van der Waals surface area contributed by atoms with Gasteiger partial charge in [0.25, 0.3) is 11.7 Å². The van der Waals surface area contributed by atoms with E-state index in [1.807, 2.05) is 6.07 Å². The van der Waals surface area contributed by atoms with Crippen molar-refractivity contribution in [3.8, 4) is 11.5 Å². The van der Waals surface area contributed by atoms with Gasteiger partial charge in [-0.3, -0.25) is 9.59 Å². The molecule has 0 aromatic heterocycles. The van der Waals surface area contributed by atoms with Crippen LogP contribution in [-0.4, -0.2) is 21.7 Å². The van der Waals surface area contributed by atoms with Crippen LogP contribution in [0.4, 0.5) is 5.69 Å². The Morgan fingerprint density at radius 3 is 2.41 bits per heavy atom. The van der Waals surface area contributed by atoms with Crippen molar-refractivity contribution in [3.05, 3.63) is 42.1 Å². The van der Waals surface area contributed by atoms with Gasteiger partial charge in [-0.2, -0.15) is 0 Å². The maximum Gasteiger partial charge on any atom is 0.296 e. The van der Waals surface area contributed by atoms with Crippen LogP contribution in [0.2, 0.25) is 0 Å². The van der Waals surface area contributed by atoms with Crippen LogP contribution < -0.4 is 5.32 Å². The summed E-state index contributed by atoms with van der Waals surface area (Å²) in [5.74, 6) is -0.0539. The zero-order valence-corrected chi connectivity index (χ0v) is 8.68. The number of benzene rings is 1. The molecule has 1 aromatic carbocycles. The Morgan fingerprint density at radius 1 is 1.06 bits per heavy atom. The van der Waals surface area contributed by atoms with Crippen LogP contribution in [-0.2, 0) is 4.79 Å². The van der Waals surface area contributed by atoms with E-state index in [0.29, 0.717) is 11.3 Å². The maximum absolute atomic E-state index is 11.0. The van der Waals surface area contributed by atoms with Gasteiger partial charge in [-0.15, -0.1) is 0 Å². The molecule has 0 aliphatic carbocycles. The van der Waals surface area contributed by atoms with E-state index in [0.717, 1.165) is 11.5 Å². The number of hydrogen-bond acceptors (Lipinski definition) is 4. The van der Waals surface area contributed by atoms with E-state index in [1.165, 1.54) is 0 Å². The first-order valence-electron chi connectivity index (χ1n) is 5.04. The molecule has 1 aromatic rings. The molecule has 0 bridgehead atoms. The average Bonchev–Trinajstić information content (AvgIpc) is 2.84. The van der Waals surface area contributed by atoms with Gasteiger partial charge in [-0.25, -0.2) is 9.97 Å². The lowest BCUT2D eigenvalue weighted by Crippen LogP contribution is -2.12. The number of hydrogen-bond donors (Lipinski definition) is 1. The van der Waals surface area contributed by atoms with Crippen molar-refractivity contribution in [2.75, 3.05) is 5.32 Å². The molecule has 0 fully saturated rings. The zero-order chi connectivity index (χ0) is 11.8. The number of amides is 1. The first-order valence-corrected chi connectivity index (χ1v) is 5.04. The molecule has 5 nitrogen and oxygen atoms in total. The lowest BCUT2D eigenvalue weighted by Gasteiger charge is -1.91. The monoisotopic (exact) mass is 225 g/mol. The normalized spacial score (nSPS) is 13.4. The predicted molar refractivity (Wildman–Crippen MR) is 60.4 cm³/mol. The highest BCUT2D eigenvalue weighted by atomic mass is 16.2. The van der Waals surface area contributed by atoms with E-state index >= 15 is 0 Å². The molecule has 0 saturated carbocycles. The van der Waals surface area contributed by atoms with Crippen LogP contribution in [0.3, 0.4) is 0 Å². The third-order valence-electron chi connectivity index (χ3n) is 2.46. The average molecular weight is 225 g/mol. The summed E-state index contributed by atoms with van der Waals surface area (Å²) in [4.78, 5) is 29.4. The van der Waals surface area contributed by atoms with Gasteiger partial charge in [-0.05, 0) is 18.2 Å². The number of nitrogens with one attached hydrogen (secondary N) is 1. The molecule has 4 rings (SSSR count). The Kier molecular flexibility index (Phi) is 1.98. The minimum absolute atomic E-state index is 0.444. The minimum atomic E-state index is -0.536. The molecule has 1 amide bonds. The van der Waals surface area contributed by atoms with Gasteiger partial charge < -0.3 is 5.32 Å². The van der Waals surface area contributed by atoms with Crippen molar-refractivity contribution in [1.29, 1.82) is 0 Å². The fourth-order valence-electron chi connectivity index (χ4n) is 1.56. The molecule has 3 heterocycles. The Hall–Kier alpha value is -2.56. The second kappa shape index (κ2) is 3.48. The molecule has 3 aliphatic rings. The summed E-state index contributed by atoms with van der Waals surface area (Å²) < 4.78 is 0. The molecular formula is C12H7N3O2. The lowest BCUT2D eigenvalue weighted by molar-refractivity contribution is -0.112. The van der Waals surface area contributed by atoms with E-state index < -0.39 is 11.7 Å². The van der Waals surface area contributed by atoms with Gasteiger partial charge in [0.05, 0.1) is 11.3 Å². The van der Waals surface area contributed by atoms with Crippen molar-refractivity contribution < 1.29 is 9.59 Å². The molecule has 1 N–H and O–H groups in total. The number of carbonyl (C=O) groups is 2. The highest BCUT2D eigenvalue weighted by Crippen LogP contribution is 2.22. The summed E-state index contributed by atoms with van der Waals surface area (Å²) >= 11 is 0. The molecule has 0 radical (unpaired) electrons. The third kappa shape index (κ3) is 1.67. The fourth-order valence-corrected chi connectivity index (χ4v) is 1.56. The summed E-state index contributed by atoms with van der Waals surface area (Å²) in [6.07, 6.45) is 1.76. The number of aromatic nitrogens is 2. The van der Waals surface area contributed by atoms with Crippen molar-refractivity contribution in [2.24, 2.45) is 0 Å². The van der Waals surface area contributed by atoms with Gasteiger partial charge >= 0.3 is 0 Å². The van der Waals surface area contributed by atoms with E-state index in [9.17, 15) is 9.59 Å². The van der Waals surface area contributed by atoms with Crippen LogP contribution in [0.1, 0.15) is 10.4 Å². The second-order valence-electron chi connectivity index (χ2n) is 3.59. The van der Waals surface area contributed by atoms with E-state index in [2.05, 4.69) is 15.3 Å². The number of anilines is 1. The molecule has 3 aliphatic heterocycles. The first kappa shape index (κ1) is 9.65. The highest BCUT2D eigenvalue weighted by molar-refractivity contribution is 6.51. The smallest absolute Gasteiger partial charge is 0.296 e. The number of para-hydroxylation sites is 1. The van der Waals surface area contributed by atoms with Crippen LogP contribution >= 0.6 is 0 Å². The molecule has 82 valence electrons. The molecule has 0 atom stereocenters. The van der Waals surface area contributed by atoms with Crippen LogP contribution in [0.25, 0.3) is 11.5 Å². The zero-order valence-electron chi connectivity index (χ0n) is 8.68. The quantitative estimate of drug-likeness (QED) is 0.585. The third-order valence-corrected chi connectivity index (χ3v) is 2.46. The van der Waals surface area contributed by atoms with Gasteiger partial charge in [0.2, 0.25) is 0 Å². The Balaban J connectivity index is 0.000000125. The fraction of sp³-hybridized carbons (Fsp3) is 0. The highest BCUT2D eigenvalue weighted by Gasteiger charge is 2.26. The summed E-state index contributed by atoms with van der Waals surface area (Å²) in [7, 11) is 0. The Labute approximate surface area is 96.5 Å². The Bertz CT molecular complexity index is 620. The minimum Gasteiger partial charge on any atom is -0.318 e. The SMILES string of the molecule is O=C1Nc2ccccc2C1=O.c1cc2nc-2n1. The maximum atomic E-state index is 11.0. The summed E-state index contributed by atoms with van der Waals surface area (Å²) in [5, 5.41) is 2.46. The van der Waals surface area contributed by atoms with Crippen LogP contribution in [0.5, 0.6) is 0 Å². The van der Waals surface area contributed by atoms with E-state index in [-0.39, 0.29) is 0 Å². The number of nitrogens with zero attached hydrogens (tertiary/aromatic N) is 2. The lowest BCUT2D eigenvalue weighted by atomic mass is 10.1. The number of fused-ring (bicyclic) bond motifs is 2. The van der Waals surface area contributed by atoms with E-state index in [1.54, 1.807) is 30.5 Å². The molecule has 17 heavy (non-hydrogen) atoms. The Morgan fingerprint density at radius 2 is 1.88 bits per heavy atom. The molecule has 0 saturated heterocycles. The number of rotatable bonds is 0. The predicted octanol–water partition coefficient (Wildman–Crippen LogP) is 1.28. The van der Waals surface area contributed by atoms with Crippen molar-refractivity contribution in [1.82, 2.24) is 9.97 Å². The topological polar surface area (TPSA) is 72.0 Å². The largest absolute Gasteiger partial charge is 0.318 e. The summed E-state index contributed by atoms with van der Waals surface area (Å²) in [6.45, 7) is 0. The van der Waals surface area contributed by atoms with Gasteiger partial charge in [-0.1, -0.05) is 12.1 Å².